The van der Waals surface area contributed by atoms with Crippen molar-refractivity contribution in [1.82, 2.24) is 10.6 Å². The highest BCUT2D eigenvalue weighted by Gasteiger charge is 2.47. The monoisotopic (exact) mass is 440 g/mol. The molecule has 0 radical (unpaired) electrons. The molecule has 1 aliphatic rings. The lowest BCUT2D eigenvalue weighted by atomic mass is 9.76. The summed E-state index contributed by atoms with van der Waals surface area (Å²) in [6.07, 6.45) is -0.597. The topological polar surface area (TPSA) is 76.7 Å². The number of ether oxygens (including phenoxy) is 2. The van der Waals surface area contributed by atoms with Crippen molar-refractivity contribution in [3.63, 3.8) is 0 Å². The number of benzene rings is 3. The van der Waals surface area contributed by atoms with Gasteiger partial charge in [0.25, 0.3) is 0 Å². The number of β-lactam (4-membered cyclic amide) rings is 1. The lowest BCUT2D eigenvalue weighted by molar-refractivity contribution is -0.146. The third-order valence-electron chi connectivity index (χ3n) is 5.57. The number of rotatable bonds is 7. The van der Waals surface area contributed by atoms with Crippen molar-refractivity contribution in [3.8, 4) is 11.8 Å². The summed E-state index contributed by atoms with van der Waals surface area (Å²) in [7, 11) is 1.26. The number of carbonyl (C=O) groups is 2. The van der Waals surface area contributed by atoms with Gasteiger partial charge in [-0.1, -0.05) is 96.9 Å². The van der Waals surface area contributed by atoms with Crippen LogP contribution in [0.1, 0.15) is 16.7 Å². The Morgan fingerprint density at radius 3 is 1.82 bits per heavy atom. The van der Waals surface area contributed by atoms with Gasteiger partial charge in [0.2, 0.25) is 5.91 Å². The molecular formula is C27H24N2O4. The number of hydrogen-bond donors (Lipinski definition) is 2. The lowest BCUT2D eigenvalue weighted by Gasteiger charge is -2.45. The summed E-state index contributed by atoms with van der Waals surface area (Å²) < 4.78 is 10.2. The summed E-state index contributed by atoms with van der Waals surface area (Å²) in [6, 6.07) is 29.4. The van der Waals surface area contributed by atoms with Gasteiger partial charge in [-0.25, -0.2) is 4.79 Å². The zero-order chi connectivity index (χ0) is 23.1. The largest absolute Gasteiger partial charge is 0.459 e. The smallest absolute Gasteiger partial charge is 0.384 e. The van der Waals surface area contributed by atoms with Crippen LogP contribution in [-0.4, -0.2) is 37.9 Å². The fraction of sp³-hybridized carbons (Fsp3) is 0.185. The van der Waals surface area contributed by atoms with Crippen LogP contribution in [0.2, 0.25) is 0 Å². The van der Waals surface area contributed by atoms with Crippen molar-refractivity contribution < 1.29 is 19.1 Å². The fourth-order valence-electron chi connectivity index (χ4n) is 3.97. The molecule has 1 fully saturated rings. The Morgan fingerprint density at radius 1 is 0.909 bits per heavy atom. The number of carbonyl (C=O) groups excluding carboxylic acids is 2. The molecule has 2 atom stereocenters. The standard InChI is InChI=1S/C27H24N2O4/c1-32-23(30)18-11-19-33-26-24(25(31)28-26)29-27(20-12-5-2-6-13-20,21-14-7-3-8-15-21)22-16-9-4-10-17-22/h2-10,12-17,24,26,29H,19H2,1H3,(H,28,31)/t24-,26+/m1/s1. The average Bonchev–Trinajstić information content (AvgIpc) is 2.88. The Balaban J connectivity index is 1.72. The molecule has 6 heteroatoms. The van der Waals surface area contributed by atoms with Gasteiger partial charge in [0.15, 0.2) is 6.23 Å². The molecule has 4 rings (SSSR count). The molecule has 0 aromatic heterocycles. The number of amides is 1. The van der Waals surface area contributed by atoms with Crippen LogP contribution < -0.4 is 10.6 Å². The molecule has 0 unspecified atom stereocenters. The van der Waals surface area contributed by atoms with Gasteiger partial charge in [0.05, 0.1) is 12.6 Å². The summed E-state index contributed by atoms with van der Waals surface area (Å²) in [5.74, 6) is 4.11. The first-order valence-electron chi connectivity index (χ1n) is 10.6. The predicted molar refractivity (Wildman–Crippen MR) is 124 cm³/mol. The van der Waals surface area contributed by atoms with Gasteiger partial charge in [-0.3, -0.25) is 10.1 Å². The Kier molecular flexibility index (Phi) is 6.84. The van der Waals surface area contributed by atoms with Crippen LogP contribution in [0.4, 0.5) is 0 Å². The van der Waals surface area contributed by atoms with Crippen molar-refractivity contribution in [2.45, 2.75) is 17.8 Å². The maximum Gasteiger partial charge on any atom is 0.384 e. The summed E-state index contributed by atoms with van der Waals surface area (Å²) >= 11 is 0. The van der Waals surface area contributed by atoms with Crippen LogP contribution in [0, 0.1) is 11.8 Å². The zero-order valence-corrected chi connectivity index (χ0v) is 18.2. The van der Waals surface area contributed by atoms with Gasteiger partial charge in [-0.05, 0) is 16.7 Å². The van der Waals surface area contributed by atoms with Crippen LogP contribution in [0.25, 0.3) is 0 Å². The van der Waals surface area contributed by atoms with Crippen molar-refractivity contribution in [3.05, 3.63) is 108 Å². The van der Waals surface area contributed by atoms with Crippen LogP contribution in [-0.2, 0) is 24.6 Å². The van der Waals surface area contributed by atoms with E-state index in [2.05, 4.69) is 27.2 Å². The van der Waals surface area contributed by atoms with E-state index in [1.165, 1.54) is 7.11 Å². The first-order valence-corrected chi connectivity index (χ1v) is 10.6. The van der Waals surface area contributed by atoms with Crippen LogP contribution in [0.15, 0.2) is 91.0 Å². The number of esters is 1. The first kappa shape index (κ1) is 22.3. The van der Waals surface area contributed by atoms with Crippen molar-refractivity contribution in [2.75, 3.05) is 13.7 Å². The highest BCUT2D eigenvalue weighted by Crippen LogP contribution is 2.38. The molecule has 1 heterocycles. The molecular weight excluding hydrogens is 416 g/mol. The van der Waals surface area contributed by atoms with Crippen LogP contribution in [0.3, 0.4) is 0 Å². The van der Waals surface area contributed by atoms with Crippen LogP contribution in [0.5, 0.6) is 0 Å². The van der Waals surface area contributed by atoms with Gasteiger partial charge >= 0.3 is 5.97 Å². The van der Waals surface area contributed by atoms with Crippen molar-refractivity contribution >= 4 is 11.9 Å². The molecule has 166 valence electrons. The van der Waals surface area contributed by atoms with Crippen LogP contribution >= 0.6 is 0 Å². The molecule has 0 bridgehead atoms. The van der Waals surface area contributed by atoms with E-state index in [0.29, 0.717) is 0 Å². The van der Waals surface area contributed by atoms with E-state index in [9.17, 15) is 9.59 Å². The van der Waals surface area contributed by atoms with Gasteiger partial charge in [-0.2, -0.15) is 0 Å². The summed E-state index contributed by atoms with van der Waals surface area (Å²) in [5, 5.41) is 6.36. The molecule has 2 N–H and O–H groups in total. The molecule has 1 aliphatic heterocycles. The minimum Gasteiger partial charge on any atom is -0.459 e. The molecule has 0 spiro atoms. The van der Waals surface area contributed by atoms with Gasteiger partial charge in [0, 0.05) is 5.92 Å². The van der Waals surface area contributed by atoms with E-state index in [4.69, 9.17) is 4.74 Å². The molecule has 1 amide bonds. The molecule has 0 aliphatic carbocycles. The molecule has 6 nitrogen and oxygen atoms in total. The lowest BCUT2D eigenvalue weighted by Crippen LogP contribution is -2.72. The second-order valence-corrected chi connectivity index (χ2v) is 7.50. The second-order valence-electron chi connectivity index (χ2n) is 7.50. The fourth-order valence-corrected chi connectivity index (χ4v) is 3.97. The molecule has 3 aromatic carbocycles. The number of nitrogens with one attached hydrogen (secondary N) is 2. The van der Waals surface area contributed by atoms with E-state index in [0.717, 1.165) is 16.7 Å². The Labute approximate surface area is 192 Å². The van der Waals surface area contributed by atoms with Gasteiger partial charge in [-0.15, -0.1) is 0 Å². The molecule has 3 aromatic rings. The predicted octanol–water partition coefficient (Wildman–Crippen LogP) is 2.59. The first-order chi connectivity index (χ1) is 16.1. The normalized spacial score (nSPS) is 17.2. The Morgan fingerprint density at radius 2 is 1.39 bits per heavy atom. The zero-order valence-electron chi connectivity index (χ0n) is 18.2. The van der Waals surface area contributed by atoms with E-state index < -0.39 is 23.8 Å². The average molecular weight is 440 g/mol. The maximum atomic E-state index is 12.6. The number of hydrogen-bond acceptors (Lipinski definition) is 5. The molecule has 0 saturated carbocycles. The summed E-state index contributed by atoms with van der Waals surface area (Å²) in [5.41, 5.74) is 2.18. The van der Waals surface area contributed by atoms with Crippen molar-refractivity contribution in [1.29, 1.82) is 0 Å². The second kappa shape index (κ2) is 10.1. The van der Waals surface area contributed by atoms with E-state index in [1.54, 1.807) is 0 Å². The highest BCUT2D eigenvalue weighted by atomic mass is 16.5. The number of methoxy groups -OCH3 is 1. The van der Waals surface area contributed by atoms with Crippen molar-refractivity contribution in [2.24, 2.45) is 0 Å². The maximum absolute atomic E-state index is 12.6. The minimum absolute atomic E-state index is 0.0206. The summed E-state index contributed by atoms with van der Waals surface area (Å²) in [6.45, 7) is -0.0206. The molecule has 33 heavy (non-hydrogen) atoms. The summed E-state index contributed by atoms with van der Waals surface area (Å²) in [4.78, 5) is 23.8. The van der Waals surface area contributed by atoms with Gasteiger partial charge < -0.3 is 14.8 Å². The van der Waals surface area contributed by atoms with E-state index >= 15 is 0 Å². The SMILES string of the molecule is COC(=O)C#CCO[C@@H]1NC(=O)[C@H]1NC(c1ccccc1)(c1ccccc1)c1ccccc1. The molecule has 1 saturated heterocycles. The minimum atomic E-state index is -0.800. The van der Waals surface area contributed by atoms with E-state index in [1.807, 2.05) is 91.0 Å². The quantitative estimate of drug-likeness (QED) is 0.194. The highest BCUT2D eigenvalue weighted by molar-refractivity contribution is 5.89. The Hall–Kier alpha value is -3.92. The van der Waals surface area contributed by atoms with Gasteiger partial charge in [0.1, 0.15) is 12.6 Å². The Bertz CT molecular complexity index is 1060. The van der Waals surface area contributed by atoms with E-state index in [-0.39, 0.29) is 12.5 Å². The third-order valence-corrected chi connectivity index (χ3v) is 5.57. The third kappa shape index (κ3) is 4.65.